The Hall–Kier alpha value is -2.74. The largest absolute Gasteiger partial charge is 0.329 e. The summed E-state index contributed by atoms with van der Waals surface area (Å²) in [5.74, 6) is 0. The summed E-state index contributed by atoms with van der Waals surface area (Å²) < 4.78 is 2.45. The second-order valence-electron chi connectivity index (χ2n) is 5.51. The fraction of sp³-hybridized carbons (Fsp3) is 0.200. The van der Waals surface area contributed by atoms with Crippen molar-refractivity contribution in [2.75, 3.05) is 0 Å². The van der Waals surface area contributed by atoms with Crippen LogP contribution in [0.15, 0.2) is 34.1 Å². The smallest absolute Gasteiger partial charge is 0.306 e. The highest BCUT2D eigenvalue weighted by Crippen LogP contribution is 2.34. The third-order valence-corrected chi connectivity index (χ3v) is 4.58. The SMILES string of the molecule is CC(C)n1ncc2c(-c3ccc[nH]c3=O)c3sc(=O)[nH]c3nc21. The predicted molar refractivity (Wildman–Crippen MR) is 90.0 cm³/mol. The molecule has 0 aliphatic heterocycles. The van der Waals surface area contributed by atoms with Gasteiger partial charge in [0.1, 0.15) is 0 Å². The minimum Gasteiger partial charge on any atom is -0.329 e. The number of aromatic amines is 2. The summed E-state index contributed by atoms with van der Waals surface area (Å²) in [4.78, 5) is 33.8. The first-order valence-electron chi connectivity index (χ1n) is 7.14. The zero-order valence-corrected chi connectivity index (χ0v) is 13.3. The van der Waals surface area contributed by atoms with Crippen molar-refractivity contribution >= 4 is 32.7 Å². The van der Waals surface area contributed by atoms with E-state index in [0.29, 0.717) is 27.1 Å². The van der Waals surface area contributed by atoms with Gasteiger partial charge in [-0.05, 0) is 26.0 Å². The molecule has 0 unspecified atom stereocenters. The van der Waals surface area contributed by atoms with Crippen molar-refractivity contribution in [1.29, 1.82) is 0 Å². The quantitative estimate of drug-likeness (QED) is 0.590. The van der Waals surface area contributed by atoms with Gasteiger partial charge in [0.15, 0.2) is 11.3 Å². The molecule has 0 atom stereocenters. The summed E-state index contributed by atoms with van der Waals surface area (Å²) in [6, 6.07) is 3.62. The highest BCUT2D eigenvalue weighted by Gasteiger charge is 2.19. The summed E-state index contributed by atoms with van der Waals surface area (Å²) >= 11 is 1.05. The molecule has 0 aromatic carbocycles. The molecule has 0 spiro atoms. The predicted octanol–water partition coefficient (Wildman–Crippen LogP) is 2.27. The fourth-order valence-electron chi connectivity index (χ4n) is 2.70. The molecule has 8 heteroatoms. The van der Waals surface area contributed by atoms with Crippen molar-refractivity contribution in [3.63, 3.8) is 0 Å². The molecule has 23 heavy (non-hydrogen) atoms. The van der Waals surface area contributed by atoms with E-state index >= 15 is 0 Å². The molecular formula is C15H13N5O2S. The molecule has 7 nitrogen and oxygen atoms in total. The molecule has 0 fully saturated rings. The van der Waals surface area contributed by atoms with E-state index in [1.165, 1.54) is 0 Å². The molecule has 4 aromatic rings. The van der Waals surface area contributed by atoms with Crippen molar-refractivity contribution in [2.24, 2.45) is 0 Å². The van der Waals surface area contributed by atoms with Gasteiger partial charge < -0.3 is 4.98 Å². The van der Waals surface area contributed by atoms with Crippen LogP contribution in [0.4, 0.5) is 0 Å². The number of hydrogen-bond acceptors (Lipinski definition) is 5. The van der Waals surface area contributed by atoms with Crippen molar-refractivity contribution in [2.45, 2.75) is 19.9 Å². The van der Waals surface area contributed by atoms with Crippen LogP contribution < -0.4 is 10.4 Å². The number of nitrogens with one attached hydrogen (secondary N) is 2. The second kappa shape index (κ2) is 4.88. The Morgan fingerprint density at radius 2 is 2.13 bits per heavy atom. The molecule has 4 heterocycles. The standard InChI is InChI=1S/C15H13N5O2S/c1-7(2)20-13-9(6-17-20)10(8-4-3-5-16-14(8)21)11-12(18-13)19-15(22)23-11/h3-7H,1-2H3,(H,16,21)(H,18,19,22). The maximum Gasteiger partial charge on any atom is 0.306 e. The number of rotatable bonds is 2. The van der Waals surface area contributed by atoms with Crippen molar-refractivity contribution in [1.82, 2.24) is 24.7 Å². The van der Waals surface area contributed by atoms with Gasteiger partial charge in [0.2, 0.25) is 0 Å². The average molecular weight is 327 g/mol. The first-order valence-corrected chi connectivity index (χ1v) is 7.96. The van der Waals surface area contributed by atoms with Crippen LogP contribution in [0.1, 0.15) is 19.9 Å². The van der Waals surface area contributed by atoms with Gasteiger partial charge in [-0.1, -0.05) is 11.3 Å². The van der Waals surface area contributed by atoms with E-state index in [2.05, 4.69) is 20.1 Å². The Morgan fingerprint density at radius 3 is 2.87 bits per heavy atom. The minimum absolute atomic E-state index is 0.115. The summed E-state index contributed by atoms with van der Waals surface area (Å²) in [5, 5.41) is 5.15. The number of H-pyrrole nitrogens is 2. The fourth-order valence-corrected chi connectivity index (χ4v) is 3.55. The number of pyridine rings is 2. The molecule has 2 N–H and O–H groups in total. The highest BCUT2D eigenvalue weighted by atomic mass is 32.1. The van der Waals surface area contributed by atoms with Crippen molar-refractivity contribution in [3.05, 3.63) is 44.5 Å². The van der Waals surface area contributed by atoms with Gasteiger partial charge in [-0.15, -0.1) is 0 Å². The molecule has 4 rings (SSSR count). The summed E-state index contributed by atoms with van der Waals surface area (Å²) in [6.07, 6.45) is 3.28. The maximum absolute atomic E-state index is 12.3. The Bertz CT molecular complexity index is 1150. The average Bonchev–Trinajstić information content (AvgIpc) is 3.08. The lowest BCUT2D eigenvalue weighted by atomic mass is 10.1. The van der Waals surface area contributed by atoms with Gasteiger partial charge in [-0.3, -0.25) is 14.6 Å². The lowest BCUT2D eigenvalue weighted by Crippen LogP contribution is -2.08. The molecule has 0 aliphatic rings. The summed E-state index contributed by atoms with van der Waals surface area (Å²) in [5.41, 5.74) is 2.12. The third kappa shape index (κ3) is 2.02. The molecule has 4 aromatic heterocycles. The number of aromatic nitrogens is 5. The van der Waals surface area contributed by atoms with Crippen LogP contribution in [0.25, 0.3) is 32.5 Å². The number of nitrogens with zero attached hydrogens (tertiary/aromatic N) is 3. The lowest BCUT2D eigenvalue weighted by molar-refractivity contribution is 0.547. The summed E-state index contributed by atoms with van der Waals surface area (Å²) in [6.45, 7) is 4.01. The Balaban J connectivity index is 2.24. The summed E-state index contributed by atoms with van der Waals surface area (Å²) in [7, 11) is 0. The van der Waals surface area contributed by atoms with Crippen LogP contribution in [-0.2, 0) is 0 Å². The van der Waals surface area contributed by atoms with Gasteiger partial charge in [-0.25, -0.2) is 9.67 Å². The van der Waals surface area contributed by atoms with Crippen LogP contribution >= 0.6 is 11.3 Å². The number of hydrogen-bond donors (Lipinski definition) is 2. The second-order valence-corrected chi connectivity index (χ2v) is 6.50. The van der Waals surface area contributed by atoms with E-state index in [1.807, 2.05) is 13.8 Å². The normalized spacial score (nSPS) is 11.8. The molecule has 0 radical (unpaired) electrons. The first kappa shape index (κ1) is 13.9. The van der Waals surface area contributed by atoms with Gasteiger partial charge >= 0.3 is 4.87 Å². The highest BCUT2D eigenvalue weighted by molar-refractivity contribution is 7.17. The molecule has 116 valence electrons. The van der Waals surface area contributed by atoms with Crippen LogP contribution in [0.5, 0.6) is 0 Å². The van der Waals surface area contributed by atoms with E-state index in [4.69, 9.17) is 0 Å². The maximum atomic E-state index is 12.3. The van der Waals surface area contributed by atoms with E-state index in [9.17, 15) is 9.59 Å². The van der Waals surface area contributed by atoms with Gasteiger partial charge in [-0.2, -0.15) is 5.10 Å². The van der Waals surface area contributed by atoms with Crippen molar-refractivity contribution < 1.29 is 0 Å². The van der Waals surface area contributed by atoms with E-state index < -0.39 is 0 Å². The van der Waals surface area contributed by atoms with Gasteiger partial charge in [0.05, 0.1) is 10.9 Å². The van der Waals surface area contributed by atoms with Crippen LogP contribution in [0.3, 0.4) is 0 Å². The molecular weight excluding hydrogens is 314 g/mol. The molecule has 0 amide bonds. The van der Waals surface area contributed by atoms with Crippen LogP contribution in [0, 0.1) is 0 Å². The lowest BCUT2D eigenvalue weighted by Gasteiger charge is -2.08. The Kier molecular flexibility index (Phi) is 2.95. The van der Waals surface area contributed by atoms with Gasteiger partial charge in [0, 0.05) is 28.8 Å². The molecule has 0 aliphatic carbocycles. The van der Waals surface area contributed by atoms with Gasteiger partial charge in [0.25, 0.3) is 5.56 Å². The number of thiazole rings is 1. The van der Waals surface area contributed by atoms with Crippen LogP contribution in [-0.4, -0.2) is 24.7 Å². The number of fused-ring (bicyclic) bond motifs is 2. The topological polar surface area (TPSA) is 96.4 Å². The monoisotopic (exact) mass is 327 g/mol. The van der Waals surface area contributed by atoms with Crippen molar-refractivity contribution in [3.8, 4) is 11.1 Å². The zero-order valence-electron chi connectivity index (χ0n) is 12.5. The van der Waals surface area contributed by atoms with E-state index in [1.54, 1.807) is 29.2 Å². The van der Waals surface area contributed by atoms with E-state index in [0.717, 1.165) is 16.7 Å². The molecule has 0 saturated carbocycles. The molecule has 0 saturated heterocycles. The zero-order chi connectivity index (χ0) is 16.1. The Labute approximate surface area is 133 Å². The third-order valence-electron chi connectivity index (χ3n) is 3.69. The van der Waals surface area contributed by atoms with E-state index in [-0.39, 0.29) is 16.5 Å². The Morgan fingerprint density at radius 1 is 1.30 bits per heavy atom. The molecule has 0 bridgehead atoms. The first-order chi connectivity index (χ1) is 11.1. The minimum atomic E-state index is -0.209. The van der Waals surface area contributed by atoms with Crippen LogP contribution in [0.2, 0.25) is 0 Å².